The Hall–Kier alpha value is -1.64. The van der Waals surface area contributed by atoms with Crippen LogP contribution in [0.15, 0.2) is 40.9 Å². The van der Waals surface area contributed by atoms with Crippen LogP contribution in [0.1, 0.15) is 39.9 Å². The van der Waals surface area contributed by atoms with E-state index in [4.69, 9.17) is 23.2 Å². The molecule has 16 heteroatoms. The molecule has 1 N–H and O–H groups in total. The normalized spacial score (nSPS) is 14.8. The van der Waals surface area contributed by atoms with Gasteiger partial charge < -0.3 is 5.32 Å². The Bertz CT molecular complexity index is 1210. The Balaban J connectivity index is 2.42. The molecule has 39 heavy (non-hydrogen) atoms. The molecule has 0 radical (unpaired) electrons. The van der Waals surface area contributed by atoms with Gasteiger partial charge in [0.2, 0.25) is 0 Å². The maximum atomic E-state index is 15.0. The van der Waals surface area contributed by atoms with E-state index >= 15 is 0 Å². The quantitative estimate of drug-likeness (QED) is 0.220. The molecule has 0 spiro atoms. The minimum absolute atomic E-state index is 0.0467. The van der Waals surface area contributed by atoms with Gasteiger partial charge in [-0.15, -0.1) is 0 Å². The first-order chi connectivity index (χ1) is 17.7. The lowest BCUT2D eigenvalue weighted by molar-refractivity contribution is -0.140. The van der Waals surface area contributed by atoms with Crippen molar-refractivity contribution in [3.63, 3.8) is 0 Å². The third-order valence-corrected chi connectivity index (χ3v) is 8.06. The molecule has 0 heterocycles. The number of hydrogen-bond donors (Lipinski definition) is 1. The van der Waals surface area contributed by atoms with Gasteiger partial charge in [-0.25, -0.2) is 4.39 Å². The maximum absolute atomic E-state index is 15.0. The van der Waals surface area contributed by atoms with E-state index in [0.29, 0.717) is 23.9 Å². The highest BCUT2D eigenvalue weighted by atomic mass is 79.9. The summed E-state index contributed by atoms with van der Waals surface area (Å²) in [5, 5.41) is 1.68. The maximum Gasteiger partial charge on any atom is 0.417 e. The van der Waals surface area contributed by atoms with Crippen molar-refractivity contribution in [2.75, 3.05) is 11.5 Å². The van der Waals surface area contributed by atoms with Crippen LogP contribution in [0.5, 0.6) is 0 Å². The van der Waals surface area contributed by atoms with Crippen LogP contribution >= 0.6 is 50.9 Å². The van der Waals surface area contributed by atoms with Gasteiger partial charge in [0.1, 0.15) is 11.7 Å². The van der Waals surface area contributed by atoms with Gasteiger partial charge >= 0.3 is 18.5 Å². The Kier molecular flexibility index (Phi) is 11.1. The SMILES string of the molecule is CC(CSCC(F)(F)F)NC(=O)c1ccc(/C(F)=C/C(c2cc(Cl)c(Br)c(Cl)c2)C(F)(F)F)cc1C(F)(F)F. The van der Waals surface area contributed by atoms with E-state index in [1.54, 1.807) is 0 Å². The number of carbonyl (C=O) groups excluding carboxylic acids is 1. The average Bonchev–Trinajstić information content (AvgIpc) is 2.77. The summed E-state index contributed by atoms with van der Waals surface area (Å²) in [5.41, 5.74) is -4.14. The highest BCUT2D eigenvalue weighted by Crippen LogP contribution is 2.43. The molecule has 0 aromatic heterocycles. The molecule has 0 bridgehead atoms. The van der Waals surface area contributed by atoms with E-state index in [1.807, 2.05) is 0 Å². The van der Waals surface area contributed by atoms with Gasteiger partial charge in [-0.05, 0) is 58.8 Å². The van der Waals surface area contributed by atoms with Gasteiger partial charge in [-0.2, -0.15) is 51.3 Å². The van der Waals surface area contributed by atoms with Crippen LogP contribution in [-0.2, 0) is 6.18 Å². The minimum Gasteiger partial charge on any atom is -0.349 e. The monoisotopic (exact) mass is 693 g/mol. The average molecular weight is 695 g/mol. The summed E-state index contributed by atoms with van der Waals surface area (Å²) in [5.74, 6) is -7.15. The van der Waals surface area contributed by atoms with Crippen molar-refractivity contribution < 1.29 is 48.7 Å². The van der Waals surface area contributed by atoms with Gasteiger partial charge in [0.25, 0.3) is 5.91 Å². The molecule has 2 atom stereocenters. The van der Waals surface area contributed by atoms with Crippen LogP contribution in [0.2, 0.25) is 10.0 Å². The standard InChI is InChI=1S/C23H16BrCl2F10NOS/c1-10(8-39-9-21(28,29)30)37-20(38)13-3-2-11(4-15(13)23(34,35)36)18(27)7-14(22(31,32)33)12-5-16(25)19(24)17(26)6-12/h2-7,10,14H,8-9H2,1H3,(H,37,38)/b18-7-. The van der Waals surface area contributed by atoms with Crippen molar-refractivity contribution in [3.8, 4) is 0 Å². The summed E-state index contributed by atoms with van der Waals surface area (Å²) in [7, 11) is 0. The minimum atomic E-state index is -5.23. The third kappa shape index (κ3) is 9.75. The van der Waals surface area contributed by atoms with E-state index in [1.165, 1.54) is 6.92 Å². The number of alkyl halides is 9. The molecule has 216 valence electrons. The molecule has 2 aromatic carbocycles. The first-order valence-electron chi connectivity index (χ1n) is 10.5. The van der Waals surface area contributed by atoms with Gasteiger partial charge in [0.05, 0.1) is 31.4 Å². The van der Waals surface area contributed by atoms with Gasteiger partial charge in [-0.1, -0.05) is 29.3 Å². The van der Waals surface area contributed by atoms with Crippen LogP contribution in [0.4, 0.5) is 43.9 Å². The Labute approximate surface area is 238 Å². The summed E-state index contributed by atoms with van der Waals surface area (Å²) < 4.78 is 134. The van der Waals surface area contributed by atoms with Crippen molar-refractivity contribution in [2.24, 2.45) is 0 Å². The number of benzene rings is 2. The molecule has 0 saturated carbocycles. The molecule has 2 rings (SSSR count). The van der Waals surface area contributed by atoms with Crippen molar-refractivity contribution in [3.05, 3.63) is 73.2 Å². The number of thioether (sulfide) groups is 1. The van der Waals surface area contributed by atoms with E-state index in [9.17, 15) is 48.7 Å². The van der Waals surface area contributed by atoms with Crippen LogP contribution in [0.3, 0.4) is 0 Å². The lowest BCUT2D eigenvalue weighted by Crippen LogP contribution is -2.35. The van der Waals surface area contributed by atoms with Crippen molar-refractivity contribution in [2.45, 2.75) is 37.4 Å². The van der Waals surface area contributed by atoms with E-state index in [2.05, 4.69) is 21.2 Å². The fraction of sp³-hybridized carbons (Fsp3) is 0.348. The van der Waals surface area contributed by atoms with Crippen LogP contribution < -0.4 is 5.32 Å². The van der Waals surface area contributed by atoms with E-state index in [0.717, 1.165) is 12.1 Å². The number of halogens is 13. The second kappa shape index (κ2) is 12.9. The number of nitrogens with one attached hydrogen (secondary N) is 1. The number of amides is 1. The first-order valence-corrected chi connectivity index (χ1v) is 13.2. The number of hydrogen-bond acceptors (Lipinski definition) is 2. The number of allylic oxidation sites excluding steroid dienone is 1. The molecule has 0 aliphatic heterocycles. The van der Waals surface area contributed by atoms with Crippen LogP contribution in [0, 0.1) is 0 Å². The molecule has 1 amide bonds. The number of rotatable bonds is 8. The summed E-state index contributed by atoms with van der Waals surface area (Å²) in [6.07, 6.45) is -14.8. The second-order valence-corrected chi connectivity index (χ2v) is 10.7. The van der Waals surface area contributed by atoms with Gasteiger partial charge in [0.15, 0.2) is 0 Å². The first kappa shape index (κ1) is 33.6. The number of carbonyl (C=O) groups is 1. The lowest BCUT2D eigenvalue weighted by Gasteiger charge is -2.20. The lowest BCUT2D eigenvalue weighted by atomic mass is 9.95. The highest BCUT2D eigenvalue weighted by molar-refractivity contribution is 9.10. The summed E-state index contributed by atoms with van der Waals surface area (Å²) in [4.78, 5) is 12.4. The zero-order chi connectivity index (χ0) is 29.9. The van der Waals surface area contributed by atoms with Crippen LogP contribution in [-0.4, -0.2) is 35.8 Å². The Morgan fingerprint density at radius 1 is 1.03 bits per heavy atom. The largest absolute Gasteiger partial charge is 0.417 e. The summed E-state index contributed by atoms with van der Waals surface area (Å²) in [6.45, 7) is 1.27. The van der Waals surface area contributed by atoms with Crippen molar-refractivity contribution in [1.29, 1.82) is 0 Å². The third-order valence-electron chi connectivity index (χ3n) is 4.89. The van der Waals surface area contributed by atoms with Crippen molar-refractivity contribution >= 4 is 62.6 Å². The Morgan fingerprint density at radius 3 is 2.08 bits per heavy atom. The second-order valence-electron chi connectivity index (χ2n) is 8.10. The molecular formula is C23H16BrCl2F10NOS. The van der Waals surface area contributed by atoms with E-state index in [-0.39, 0.29) is 32.4 Å². The van der Waals surface area contributed by atoms with Crippen LogP contribution in [0.25, 0.3) is 5.83 Å². The Morgan fingerprint density at radius 2 is 1.59 bits per heavy atom. The fourth-order valence-electron chi connectivity index (χ4n) is 3.20. The van der Waals surface area contributed by atoms with Crippen molar-refractivity contribution in [1.82, 2.24) is 5.32 Å². The van der Waals surface area contributed by atoms with E-state index < -0.39 is 70.2 Å². The molecule has 0 saturated heterocycles. The molecule has 0 aliphatic carbocycles. The molecule has 0 aliphatic rings. The fourth-order valence-corrected chi connectivity index (χ4v) is 4.72. The molecule has 0 fully saturated rings. The molecular weight excluding hydrogens is 679 g/mol. The molecule has 2 aromatic rings. The zero-order valence-electron chi connectivity index (χ0n) is 19.3. The summed E-state index contributed by atoms with van der Waals surface area (Å²) in [6, 6.07) is 2.16. The zero-order valence-corrected chi connectivity index (χ0v) is 23.2. The highest BCUT2D eigenvalue weighted by Gasteiger charge is 2.41. The molecule has 2 unspecified atom stereocenters. The summed E-state index contributed by atoms with van der Waals surface area (Å²) >= 11 is 15.0. The predicted octanol–water partition coefficient (Wildman–Crippen LogP) is 9.84. The van der Waals surface area contributed by atoms with Gasteiger partial charge in [-0.3, -0.25) is 4.79 Å². The topological polar surface area (TPSA) is 29.1 Å². The van der Waals surface area contributed by atoms with Gasteiger partial charge in [0, 0.05) is 17.4 Å². The smallest absolute Gasteiger partial charge is 0.349 e. The predicted molar refractivity (Wildman–Crippen MR) is 134 cm³/mol. The molecule has 2 nitrogen and oxygen atoms in total.